The highest BCUT2D eigenvalue weighted by atomic mass is 16.5. The molecule has 0 aliphatic carbocycles. The molecule has 2 atom stereocenters. The molecule has 1 aliphatic heterocycles. The van der Waals surface area contributed by atoms with E-state index in [4.69, 9.17) is 4.74 Å². The van der Waals surface area contributed by atoms with E-state index in [2.05, 4.69) is 0 Å². The molecular formula is C15H20O3. The van der Waals surface area contributed by atoms with E-state index in [0.717, 1.165) is 24.2 Å². The highest BCUT2D eigenvalue weighted by Crippen LogP contribution is 2.35. The fourth-order valence-electron chi connectivity index (χ4n) is 2.44. The Bertz CT molecular complexity index is 414. The molecule has 0 spiro atoms. The Kier molecular flexibility index (Phi) is 4.37. The number of aliphatic hydroxyl groups is 1. The summed E-state index contributed by atoms with van der Waals surface area (Å²) in [5, 5.41) is 9.72. The number of aliphatic hydroxyl groups excluding tert-OH is 1. The maximum Gasteiger partial charge on any atom is 0.161 e. The predicted octanol–water partition coefficient (Wildman–Crippen LogP) is 2.67. The third kappa shape index (κ3) is 2.91. The van der Waals surface area contributed by atoms with Gasteiger partial charge in [0, 0.05) is 6.42 Å². The molecule has 1 N–H and O–H groups in total. The molecule has 0 fully saturated rings. The minimum absolute atomic E-state index is 0.0430. The first-order chi connectivity index (χ1) is 8.72. The zero-order valence-electron chi connectivity index (χ0n) is 10.8. The standard InChI is InChI=1S/C15H20O3/c1-2-5-13(16)14(17)10-11-8-9-18-15-7-4-3-6-12(11)15/h3-4,6-7,11,13,16H,2,5,8-10H2,1H3. The minimum Gasteiger partial charge on any atom is -0.493 e. The van der Waals surface area contributed by atoms with Crippen LogP contribution in [0, 0.1) is 0 Å². The summed E-state index contributed by atoms with van der Waals surface area (Å²) in [4.78, 5) is 11.9. The highest BCUT2D eigenvalue weighted by Gasteiger charge is 2.25. The summed E-state index contributed by atoms with van der Waals surface area (Å²) in [6, 6.07) is 7.86. The SMILES string of the molecule is CCCC(O)C(=O)CC1CCOc2ccccc21. The molecule has 2 rings (SSSR count). The van der Waals surface area contributed by atoms with Crippen molar-refractivity contribution in [2.45, 2.75) is 44.6 Å². The normalized spacial score (nSPS) is 19.8. The molecular weight excluding hydrogens is 228 g/mol. The average molecular weight is 248 g/mol. The summed E-state index contributed by atoms with van der Waals surface area (Å²) in [5.74, 6) is 1.03. The smallest absolute Gasteiger partial charge is 0.161 e. The van der Waals surface area contributed by atoms with Gasteiger partial charge in [0.2, 0.25) is 0 Å². The molecule has 3 heteroatoms. The van der Waals surface area contributed by atoms with Crippen molar-refractivity contribution >= 4 is 5.78 Å². The van der Waals surface area contributed by atoms with Gasteiger partial charge in [0.05, 0.1) is 6.61 Å². The lowest BCUT2D eigenvalue weighted by Crippen LogP contribution is -2.24. The second-order valence-corrected chi connectivity index (χ2v) is 4.85. The fraction of sp³-hybridized carbons (Fsp3) is 0.533. The molecule has 0 bridgehead atoms. The van der Waals surface area contributed by atoms with Crippen LogP contribution in [-0.4, -0.2) is 23.6 Å². The number of benzene rings is 1. The van der Waals surface area contributed by atoms with Crippen LogP contribution in [0.4, 0.5) is 0 Å². The molecule has 0 saturated heterocycles. The monoisotopic (exact) mass is 248 g/mol. The third-order valence-corrected chi connectivity index (χ3v) is 3.46. The average Bonchev–Trinajstić information content (AvgIpc) is 2.39. The van der Waals surface area contributed by atoms with Gasteiger partial charge in [0.25, 0.3) is 0 Å². The first-order valence-electron chi connectivity index (χ1n) is 6.65. The van der Waals surface area contributed by atoms with Gasteiger partial charge in [0.15, 0.2) is 5.78 Å². The van der Waals surface area contributed by atoms with Crippen LogP contribution in [0.15, 0.2) is 24.3 Å². The van der Waals surface area contributed by atoms with Crippen LogP contribution in [0.5, 0.6) is 5.75 Å². The van der Waals surface area contributed by atoms with Gasteiger partial charge in [-0.05, 0) is 30.4 Å². The van der Waals surface area contributed by atoms with Crippen LogP contribution in [0.2, 0.25) is 0 Å². The van der Waals surface area contributed by atoms with Crippen molar-refractivity contribution in [1.29, 1.82) is 0 Å². The molecule has 1 aliphatic rings. The lowest BCUT2D eigenvalue weighted by molar-refractivity contribution is -0.127. The Morgan fingerprint density at radius 2 is 2.28 bits per heavy atom. The van der Waals surface area contributed by atoms with Crippen LogP contribution in [0.25, 0.3) is 0 Å². The van der Waals surface area contributed by atoms with Gasteiger partial charge in [-0.2, -0.15) is 0 Å². The Morgan fingerprint density at radius 3 is 3.06 bits per heavy atom. The molecule has 0 saturated carbocycles. The van der Waals surface area contributed by atoms with Gasteiger partial charge in [-0.3, -0.25) is 4.79 Å². The Hall–Kier alpha value is -1.35. The van der Waals surface area contributed by atoms with Crippen LogP contribution < -0.4 is 4.74 Å². The van der Waals surface area contributed by atoms with Gasteiger partial charge in [-0.1, -0.05) is 31.5 Å². The van der Waals surface area contributed by atoms with E-state index in [1.807, 2.05) is 31.2 Å². The number of ether oxygens (including phenoxy) is 1. The molecule has 18 heavy (non-hydrogen) atoms. The molecule has 1 heterocycles. The maximum atomic E-state index is 11.9. The molecule has 2 unspecified atom stereocenters. The predicted molar refractivity (Wildman–Crippen MR) is 69.8 cm³/mol. The van der Waals surface area contributed by atoms with E-state index < -0.39 is 6.10 Å². The second-order valence-electron chi connectivity index (χ2n) is 4.85. The third-order valence-electron chi connectivity index (χ3n) is 3.46. The van der Waals surface area contributed by atoms with Gasteiger partial charge in [-0.25, -0.2) is 0 Å². The van der Waals surface area contributed by atoms with Gasteiger partial charge < -0.3 is 9.84 Å². The summed E-state index contributed by atoms with van der Waals surface area (Å²) in [5.41, 5.74) is 1.10. The Morgan fingerprint density at radius 1 is 1.50 bits per heavy atom. The molecule has 1 aromatic carbocycles. The van der Waals surface area contributed by atoms with Crippen molar-refractivity contribution in [3.05, 3.63) is 29.8 Å². The van der Waals surface area contributed by atoms with Crippen molar-refractivity contribution in [2.75, 3.05) is 6.61 Å². The van der Waals surface area contributed by atoms with Crippen molar-refractivity contribution in [3.8, 4) is 5.75 Å². The van der Waals surface area contributed by atoms with E-state index >= 15 is 0 Å². The summed E-state index contributed by atoms with van der Waals surface area (Å²) >= 11 is 0. The van der Waals surface area contributed by atoms with Crippen molar-refractivity contribution in [2.24, 2.45) is 0 Å². The molecule has 0 aromatic heterocycles. The quantitative estimate of drug-likeness (QED) is 0.871. The number of para-hydroxylation sites is 1. The largest absolute Gasteiger partial charge is 0.493 e. The van der Waals surface area contributed by atoms with E-state index in [9.17, 15) is 9.90 Å². The number of Topliss-reactive ketones (excluding diaryl/α,β-unsaturated/α-hetero) is 1. The number of hydrogen-bond acceptors (Lipinski definition) is 3. The van der Waals surface area contributed by atoms with Gasteiger partial charge >= 0.3 is 0 Å². The number of rotatable bonds is 5. The van der Waals surface area contributed by atoms with E-state index in [-0.39, 0.29) is 11.7 Å². The molecule has 0 amide bonds. The zero-order valence-corrected chi connectivity index (χ0v) is 10.8. The van der Waals surface area contributed by atoms with Crippen molar-refractivity contribution in [1.82, 2.24) is 0 Å². The van der Waals surface area contributed by atoms with E-state index in [0.29, 0.717) is 19.4 Å². The molecule has 1 aromatic rings. The molecule has 3 nitrogen and oxygen atoms in total. The van der Waals surface area contributed by atoms with Crippen molar-refractivity contribution < 1.29 is 14.6 Å². The number of ketones is 1. The number of hydrogen-bond donors (Lipinski definition) is 1. The summed E-state index contributed by atoms with van der Waals surface area (Å²) < 4.78 is 5.57. The first kappa shape index (κ1) is 13.1. The van der Waals surface area contributed by atoms with E-state index in [1.165, 1.54) is 0 Å². The first-order valence-corrected chi connectivity index (χ1v) is 6.65. The Labute approximate surface area is 108 Å². The van der Waals surface area contributed by atoms with Crippen LogP contribution in [0.1, 0.15) is 44.1 Å². The molecule has 0 radical (unpaired) electrons. The lowest BCUT2D eigenvalue weighted by Gasteiger charge is -2.26. The van der Waals surface area contributed by atoms with E-state index in [1.54, 1.807) is 0 Å². The fourth-order valence-corrected chi connectivity index (χ4v) is 2.44. The summed E-state index contributed by atoms with van der Waals surface area (Å²) in [6.45, 7) is 2.62. The maximum absolute atomic E-state index is 11.9. The van der Waals surface area contributed by atoms with Gasteiger partial charge in [-0.15, -0.1) is 0 Å². The highest BCUT2D eigenvalue weighted by molar-refractivity contribution is 5.83. The van der Waals surface area contributed by atoms with Gasteiger partial charge in [0.1, 0.15) is 11.9 Å². The molecule has 98 valence electrons. The number of fused-ring (bicyclic) bond motifs is 1. The number of carbonyl (C=O) groups is 1. The second kappa shape index (κ2) is 6.01. The Balaban J connectivity index is 2.05. The zero-order chi connectivity index (χ0) is 13.0. The van der Waals surface area contributed by atoms with Crippen molar-refractivity contribution in [3.63, 3.8) is 0 Å². The summed E-state index contributed by atoms with van der Waals surface area (Å²) in [6.07, 6.45) is 1.86. The van der Waals surface area contributed by atoms with Crippen LogP contribution in [-0.2, 0) is 4.79 Å². The topological polar surface area (TPSA) is 46.5 Å². The minimum atomic E-state index is -0.801. The van der Waals surface area contributed by atoms with Crippen LogP contribution in [0.3, 0.4) is 0 Å². The lowest BCUT2D eigenvalue weighted by atomic mass is 9.87. The van der Waals surface area contributed by atoms with Crippen LogP contribution >= 0.6 is 0 Å². The summed E-state index contributed by atoms with van der Waals surface area (Å²) in [7, 11) is 0. The number of carbonyl (C=O) groups excluding carboxylic acids is 1.